The number of rotatable bonds is 20. The Morgan fingerprint density at radius 3 is 1.93 bits per heavy atom. The highest BCUT2D eigenvalue weighted by molar-refractivity contribution is 6.30. The van der Waals surface area contributed by atoms with Gasteiger partial charge in [0.15, 0.2) is 0 Å². The van der Waals surface area contributed by atoms with Crippen LogP contribution in [-0.4, -0.2) is 27.9 Å². The summed E-state index contributed by atoms with van der Waals surface area (Å²) in [5, 5.41) is 0.683. The van der Waals surface area contributed by atoms with Crippen LogP contribution in [0.15, 0.2) is 67.3 Å². The lowest BCUT2D eigenvalue weighted by Crippen LogP contribution is -2.39. The lowest BCUT2D eigenvalue weighted by molar-refractivity contribution is -0.152. The van der Waals surface area contributed by atoms with E-state index in [1.807, 2.05) is 48.5 Å². The highest BCUT2D eigenvalue weighted by Crippen LogP contribution is 2.30. The third kappa shape index (κ3) is 11.3. The van der Waals surface area contributed by atoms with E-state index in [0.717, 1.165) is 30.4 Å². The highest BCUT2D eigenvalue weighted by Gasteiger charge is 2.37. The predicted octanol–water partition coefficient (Wildman–Crippen LogP) is 9.62. The van der Waals surface area contributed by atoms with Gasteiger partial charge in [-0.05, 0) is 55.7 Å². The van der Waals surface area contributed by atoms with Crippen LogP contribution in [0.3, 0.4) is 0 Å². The van der Waals surface area contributed by atoms with E-state index in [2.05, 4.69) is 11.9 Å². The molecule has 0 aliphatic heterocycles. The van der Waals surface area contributed by atoms with Gasteiger partial charge in [-0.25, -0.2) is 4.98 Å². The number of nitrogens with zero attached hydrogens (tertiary/aromatic N) is 2. The first kappa shape index (κ1) is 33.4. The van der Waals surface area contributed by atoms with Gasteiger partial charge in [-0.3, -0.25) is 14.2 Å². The molecule has 0 fully saturated rings. The average molecular weight is 595 g/mol. The van der Waals surface area contributed by atoms with Gasteiger partial charge in [0.1, 0.15) is 12.4 Å². The highest BCUT2D eigenvalue weighted by atomic mass is 35.5. The molecule has 7 heteroatoms. The monoisotopic (exact) mass is 594 g/mol. The molecule has 1 atom stereocenters. The molecule has 42 heavy (non-hydrogen) atoms. The molecule has 1 aromatic heterocycles. The van der Waals surface area contributed by atoms with Crippen LogP contribution in [0.5, 0.6) is 5.75 Å². The molecule has 1 heterocycles. The molecular formula is C35H47ClN2O4. The van der Waals surface area contributed by atoms with E-state index in [0.29, 0.717) is 17.2 Å². The predicted molar refractivity (Wildman–Crippen MR) is 170 cm³/mol. The van der Waals surface area contributed by atoms with Crippen molar-refractivity contribution in [3.8, 4) is 16.9 Å². The summed E-state index contributed by atoms with van der Waals surface area (Å²) in [6, 6.07) is 15.2. The van der Waals surface area contributed by atoms with Crippen molar-refractivity contribution in [2.75, 3.05) is 6.61 Å². The zero-order valence-corrected chi connectivity index (χ0v) is 26.3. The van der Waals surface area contributed by atoms with Crippen LogP contribution >= 0.6 is 11.6 Å². The third-order valence-corrected chi connectivity index (χ3v) is 7.80. The smallest absolute Gasteiger partial charge is 0.305 e. The van der Waals surface area contributed by atoms with Gasteiger partial charge in [0.2, 0.25) is 12.0 Å². The second kappa shape index (κ2) is 17.7. The van der Waals surface area contributed by atoms with E-state index in [4.69, 9.17) is 21.1 Å². The van der Waals surface area contributed by atoms with Crippen molar-refractivity contribution in [3.05, 3.63) is 72.3 Å². The minimum atomic E-state index is -0.953. The van der Waals surface area contributed by atoms with Crippen molar-refractivity contribution in [3.63, 3.8) is 0 Å². The van der Waals surface area contributed by atoms with Crippen molar-refractivity contribution in [2.45, 2.75) is 104 Å². The van der Waals surface area contributed by atoms with Crippen LogP contribution in [-0.2, 0) is 14.3 Å². The Morgan fingerprint density at radius 1 is 0.833 bits per heavy atom. The molecule has 3 rings (SSSR count). The number of ketones is 1. The SMILES string of the molecule is CCCCCCCCCCCCCC(=O)OCC(C)(C)C(=O)C(Oc1ccc(-c2ccc(Cl)cc2)cc1)n1ccnc1. The topological polar surface area (TPSA) is 70.4 Å². The second-order valence-electron chi connectivity index (χ2n) is 11.7. The van der Waals surface area contributed by atoms with E-state index in [1.54, 1.807) is 37.1 Å². The molecule has 3 aromatic rings. The summed E-state index contributed by atoms with van der Waals surface area (Å²) < 4.78 is 13.4. The van der Waals surface area contributed by atoms with E-state index in [1.165, 1.54) is 51.4 Å². The Balaban J connectivity index is 1.45. The standard InChI is InChI=1S/C35H47ClN2O4/c1-4-5-6-7-8-9-10-11-12-13-14-15-32(39)41-26-35(2,3)33(40)34(38-25-24-37-27-38)42-31-22-18-29(19-23-31)28-16-20-30(36)21-17-28/h16-25,27,34H,4-15,26H2,1-3H3. The summed E-state index contributed by atoms with van der Waals surface area (Å²) >= 11 is 6.01. The van der Waals surface area contributed by atoms with Gasteiger partial charge in [-0.2, -0.15) is 0 Å². The van der Waals surface area contributed by atoms with Gasteiger partial charge in [0, 0.05) is 23.8 Å². The van der Waals surface area contributed by atoms with Crippen LogP contribution < -0.4 is 4.74 Å². The van der Waals surface area contributed by atoms with Crippen molar-refractivity contribution in [1.82, 2.24) is 9.55 Å². The van der Waals surface area contributed by atoms with Crippen molar-refractivity contribution in [1.29, 1.82) is 0 Å². The maximum absolute atomic E-state index is 13.7. The fourth-order valence-electron chi connectivity index (χ4n) is 4.83. The largest absolute Gasteiger partial charge is 0.465 e. The Kier molecular flexibility index (Phi) is 14.1. The summed E-state index contributed by atoms with van der Waals surface area (Å²) in [5.41, 5.74) is 1.09. The molecule has 2 aromatic carbocycles. The summed E-state index contributed by atoms with van der Waals surface area (Å²) in [6.45, 7) is 5.80. The number of hydrogen-bond donors (Lipinski definition) is 0. The normalized spacial score (nSPS) is 12.2. The molecule has 1 unspecified atom stereocenters. The number of Topliss-reactive ketones (excluding diaryl/α,β-unsaturated/α-hetero) is 1. The van der Waals surface area contributed by atoms with Gasteiger partial charge in [0.25, 0.3) is 0 Å². The molecule has 228 valence electrons. The molecule has 0 radical (unpaired) electrons. The maximum Gasteiger partial charge on any atom is 0.305 e. The number of carbonyl (C=O) groups is 2. The molecule has 0 spiro atoms. The molecular weight excluding hydrogens is 548 g/mol. The number of carbonyl (C=O) groups excluding carboxylic acids is 2. The molecule has 0 amide bonds. The van der Waals surface area contributed by atoms with Gasteiger partial charge < -0.3 is 9.47 Å². The van der Waals surface area contributed by atoms with Crippen molar-refractivity contribution in [2.24, 2.45) is 5.41 Å². The zero-order chi connectivity index (χ0) is 30.2. The third-order valence-electron chi connectivity index (χ3n) is 7.55. The number of unbranched alkanes of at least 4 members (excludes halogenated alkanes) is 10. The first-order chi connectivity index (χ1) is 20.3. The van der Waals surface area contributed by atoms with Crippen LogP contribution in [0.25, 0.3) is 11.1 Å². The molecule has 0 aliphatic rings. The molecule has 6 nitrogen and oxygen atoms in total. The van der Waals surface area contributed by atoms with Crippen molar-refractivity contribution < 1.29 is 19.1 Å². The first-order valence-corrected chi connectivity index (χ1v) is 15.9. The number of aromatic nitrogens is 2. The number of benzene rings is 2. The Morgan fingerprint density at radius 2 is 1.38 bits per heavy atom. The first-order valence-electron chi connectivity index (χ1n) is 15.5. The summed E-state index contributed by atoms with van der Waals surface area (Å²) in [7, 11) is 0. The van der Waals surface area contributed by atoms with Gasteiger partial charge in [0.05, 0.1) is 11.7 Å². The quantitative estimate of drug-likeness (QED) is 0.0961. The van der Waals surface area contributed by atoms with Crippen LogP contribution in [0, 0.1) is 5.41 Å². The molecule has 0 bridgehead atoms. The van der Waals surface area contributed by atoms with Gasteiger partial charge in [-0.15, -0.1) is 0 Å². The number of esters is 1. The number of halogens is 1. The Labute approximate surface area is 256 Å². The summed E-state index contributed by atoms with van der Waals surface area (Å²) in [4.78, 5) is 30.2. The van der Waals surface area contributed by atoms with E-state index in [-0.39, 0.29) is 18.4 Å². The Bertz CT molecular complexity index is 1190. The number of ether oxygens (including phenoxy) is 2. The van der Waals surface area contributed by atoms with Crippen LogP contribution in [0.4, 0.5) is 0 Å². The zero-order valence-electron chi connectivity index (χ0n) is 25.5. The molecule has 0 saturated heterocycles. The van der Waals surface area contributed by atoms with Crippen LogP contribution in [0.1, 0.15) is 104 Å². The minimum Gasteiger partial charge on any atom is -0.465 e. The molecule has 0 N–H and O–H groups in total. The van der Waals surface area contributed by atoms with Crippen LogP contribution in [0.2, 0.25) is 5.02 Å². The lowest BCUT2D eigenvalue weighted by Gasteiger charge is -2.28. The fourth-order valence-corrected chi connectivity index (χ4v) is 4.95. The molecule has 0 saturated carbocycles. The Hall–Kier alpha value is -3.12. The fraction of sp³-hybridized carbons (Fsp3) is 0.514. The van der Waals surface area contributed by atoms with Crippen molar-refractivity contribution >= 4 is 23.4 Å². The van der Waals surface area contributed by atoms with E-state index in [9.17, 15) is 9.59 Å². The van der Waals surface area contributed by atoms with E-state index >= 15 is 0 Å². The average Bonchev–Trinajstić information content (AvgIpc) is 3.53. The lowest BCUT2D eigenvalue weighted by atomic mass is 9.88. The van der Waals surface area contributed by atoms with E-state index < -0.39 is 11.6 Å². The maximum atomic E-state index is 13.7. The summed E-state index contributed by atoms with van der Waals surface area (Å²) in [6.07, 6.45) is 17.8. The number of imidazole rings is 1. The second-order valence-corrected chi connectivity index (χ2v) is 12.1. The van der Waals surface area contributed by atoms with Gasteiger partial charge in [-0.1, -0.05) is 107 Å². The number of hydrogen-bond acceptors (Lipinski definition) is 5. The van der Waals surface area contributed by atoms with Gasteiger partial charge >= 0.3 is 5.97 Å². The molecule has 0 aliphatic carbocycles. The minimum absolute atomic E-state index is 0.00718. The summed E-state index contributed by atoms with van der Waals surface area (Å²) in [5.74, 6) is 0.0820.